The predicted octanol–water partition coefficient (Wildman–Crippen LogP) is 3.36. The monoisotopic (exact) mass is 697 g/mol. The molecule has 2 aromatic carbocycles. The molecule has 3 fully saturated rings. The van der Waals surface area contributed by atoms with E-state index in [2.05, 4.69) is 15.6 Å². The van der Waals surface area contributed by atoms with Crippen LogP contribution >= 0.6 is 0 Å². The molecule has 1 saturated carbocycles. The van der Waals surface area contributed by atoms with Crippen LogP contribution in [0.15, 0.2) is 60.7 Å². The summed E-state index contributed by atoms with van der Waals surface area (Å²) >= 11 is 0. The number of ketones is 1. The number of Topliss-reactive ketones (excluding diaryl/α,β-unsaturated/α-hetero) is 1. The van der Waals surface area contributed by atoms with Gasteiger partial charge in [-0.3, -0.25) is 28.8 Å². The van der Waals surface area contributed by atoms with Crippen molar-refractivity contribution in [2.24, 2.45) is 5.92 Å². The summed E-state index contributed by atoms with van der Waals surface area (Å²) in [4.78, 5) is 85.6. The summed E-state index contributed by atoms with van der Waals surface area (Å²) < 4.78 is 5.99. The summed E-state index contributed by atoms with van der Waals surface area (Å²) in [7, 11) is 0. The molecule has 3 aliphatic rings. The molecule has 0 bridgehead atoms. The number of nitrogens with zero attached hydrogens (tertiary/aromatic N) is 3. The van der Waals surface area contributed by atoms with Crippen molar-refractivity contribution in [1.29, 1.82) is 0 Å². The third-order valence-electron chi connectivity index (χ3n) is 10.1. The molecule has 268 valence electrons. The second-order valence-corrected chi connectivity index (χ2v) is 13.5. The van der Waals surface area contributed by atoms with Gasteiger partial charge in [-0.05, 0) is 63.5 Å². The molecule has 3 aromatic rings. The number of fused-ring (bicyclic) bond motifs is 1. The van der Waals surface area contributed by atoms with Crippen molar-refractivity contribution in [2.75, 3.05) is 26.2 Å². The highest BCUT2D eigenvalue weighted by Gasteiger charge is 2.36. The van der Waals surface area contributed by atoms with Gasteiger partial charge < -0.3 is 30.3 Å². The molecule has 0 radical (unpaired) electrons. The highest BCUT2D eigenvalue weighted by atomic mass is 16.5. The lowest BCUT2D eigenvalue weighted by Crippen LogP contribution is -2.51. The molecule has 1 aliphatic carbocycles. The Balaban J connectivity index is 1.12. The number of pyridine rings is 1. The number of hydrogen-bond donors (Lipinski definition) is 3. The molecule has 2 aliphatic heterocycles. The number of nitrogens with one attached hydrogen (secondary N) is 2. The minimum atomic E-state index is -1.15. The first-order chi connectivity index (χ1) is 24.7. The number of carboxylic acids is 1. The van der Waals surface area contributed by atoms with Crippen molar-refractivity contribution in [2.45, 2.75) is 75.9 Å². The maximum atomic E-state index is 13.7. The molecule has 3 N–H and O–H groups in total. The van der Waals surface area contributed by atoms with Crippen LogP contribution in [0.4, 0.5) is 0 Å². The molecule has 3 heterocycles. The van der Waals surface area contributed by atoms with Crippen LogP contribution in [-0.4, -0.2) is 99.6 Å². The number of ether oxygens (including phenoxy) is 1. The lowest BCUT2D eigenvalue weighted by atomic mass is 9.88. The van der Waals surface area contributed by atoms with Crippen LogP contribution in [0.1, 0.15) is 78.6 Å². The Morgan fingerprint density at radius 1 is 0.882 bits per heavy atom. The Hall–Kier alpha value is -5.33. The summed E-state index contributed by atoms with van der Waals surface area (Å²) in [6.07, 6.45) is 4.69. The number of aliphatic carboxylic acids is 1. The lowest BCUT2D eigenvalue weighted by molar-refractivity contribution is -0.140. The van der Waals surface area contributed by atoms with E-state index in [4.69, 9.17) is 4.74 Å². The molecule has 13 heteroatoms. The Kier molecular flexibility index (Phi) is 11.2. The number of likely N-dealkylation sites (tertiary alicyclic amines) is 2. The van der Waals surface area contributed by atoms with Gasteiger partial charge in [-0.1, -0.05) is 42.5 Å². The van der Waals surface area contributed by atoms with Gasteiger partial charge in [0.1, 0.15) is 23.5 Å². The van der Waals surface area contributed by atoms with Crippen molar-refractivity contribution in [1.82, 2.24) is 25.4 Å². The van der Waals surface area contributed by atoms with Gasteiger partial charge in [0.15, 0.2) is 12.4 Å². The Labute approximate surface area is 295 Å². The van der Waals surface area contributed by atoms with E-state index < -0.39 is 29.9 Å². The SMILES string of the molecule is O=C(O)CCC(NC(=O)c1cc(OCC(=O)N2CCCC2C(=O)NC2CCC2)c2ccccc2n1)C(=O)N1CCC(C(=O)c2ccccc2)CC1. The van der Waals surface area contributed by atoms with E-state index in [9.17, 15) is 33.9 Å². The quantitative estimate of drug-likeness (QED) is 0.226. The minimum Gasteiger partial charge on any atom is -0.483 e. The number of piperidine rings is 1. The van der Waals surface area contributed by atoms with Crippen molar-refractivity contribution < 1.29 is 38.6 Å². The van der Waals surface area contributed by atoms with Gasteiger partial charge in [-0.15, -0.1) is 0 Å². The number of para-hydroxylation sites is 1. The van der Waals surface area contributed by atoms with Crippen LogP contribution in [0.2, 0.25) is 0 Å². The van der Waals surface area contributed by atoms with Crippen LogP contribution in [0.5, 0.6) is 5.75 Å². The van der Waals surface area contributed by atoms with Crippen molar-refractivity contribution in [3.63, 3.8) is 0 Å². The number of benzene rings is 2. The van der Waals surface area contributed by atoms with E-state index in [1.165, 1.54) is 6.07 Å². The molecular formula is C38H43N5O8. The van der Waals surface area contributed by atoms with E-state index in [1.807, 2.05) is 18.2 Å². The first-order valence-corrected chi connectivity index (χ1v) is 17.7. The molecule has 51 heavy (non-hydrogen) atoms. The molecule has 6 rings (SSSR count). The van der Waals surface area contributed by atoms with Crippen LogP contribution in [0.3, 0.4) is 0 Å². The minimum absolute atomic E-state index is 0.0234. The van der Waals surface area contributed by atoms with Crippen LogP contribution in [-0.2, 0) is 19.2 Å². The molecule has 0 spiro atoms. The Morgan fingerprint density at radius 2 is 1.61 bits per heavy atom. The number of amides is 4. The normalized spacial score (nSPS) is 18.5. The second-order valence-electron chi connectivity index (χ2n) is 13.5. The summed E-state index contributed by atoms with van der Waals surface area (Å²) in [5, 5.41) is 15.7. The fourth-order valence-electron chi connectivity index (χ4n) is 6.97. The smallest absolute Gasteiger partial charge is 0.303 e. The van der Waals surface area contributed by atoms with E-state index in [0.717, 1.165) is 19.3 Å². The zero-order chi connectivity index (χ0) is 35.9. The third-order valence-corrected chi connectivity index (χ3v) is 10.1. The molecular weight excluding hydrogens is 654 g/mol. The van der Waals surface area contributed by atoms with E-state index in [-0.39, 0.29) is 60.4 Å². The van der Waals surface area contributed by atoms with Crippen molar-refractivity contribution >= 4 is 46.3 Å². The fraction of sp³-hybridized carbons (Fsp3) is 0.447. The third kappa shape index (κ3) is 8.53. The predicted molar refractivity (Wildman–Crippen MR) is 186 cm³/mol. The van der Waals surface area contributed by atoms with Crippen LogP contribution < -0.4 is 15.4 Å². The van der Waals surface area contributed by atoms with Gasteiger partial charge in [-0.25, -0.2) is 4.98 Å². The molecule has 1 aromatic heterocycles. The standard InChI is InChI=1S/C38H43N5O8/c44-33(43-19-7-14-31(43)37(49)39-26-10-6-11-26)23-51-32-22-30(40-28-13-5-4-12-27(28)32)36(48)41-29(15-16-34(45)46)38(50)42-20-17-25(18-21-42)35(47)24-8-2-1-3-9-24/h1-5,8-9,12-13,22,25-26,29,31H,6-7,10-11,14-21,23H2,(H,39,49)(H,41,48)(H,45,46). The Morgan fingerprint density at radius 3 is 2.31 bits per heavy atom. The highest BCUT2D eigenvalue weighted by molar-refractivity contribution is 6.00. The van der Waals surface area contributed by atoms with Gasteiger partial charge in [0.05, 0.1) is 5.52 Å². The molecule has 4 amide bonds. The van der Waals surface area contributed by atoms with Crippen molar-refractivity contribution in [3.8, 4) is 5.75 Å². The number of carboxylic acid groups (broad SMARTS) is 1. The van der Waals surface area contributed by atoms with E-state index >= 15 is 0 Å². The van der Waals surface area contributed by atoms with E-state index in [1.54, 1.807) is 46.2 Å². The fourth-order valence-corrected chi connectivity index (χ4v) is 6.97. The largest absolute Gasteiger partial charge is 0.483 e. The van der Waals surface area contributed by atoms with Gasteiger partial charge in [0.25, 0.3) is 11.8 Å². The first kappa shape index (κ1) is 35.5. The highest BCUT2D eigenvalue weighted by Crippen LogP contribution is 2.28. The first-order valence-electron chi connectivity index (χ1n) is 17.7. The van der Waals surface area contributed by atoms with E-state index in [0.29, 0.717) is 61.8 Å². The van der Waals surface area contributed by atoms with Gasteiger partial charge in [0.2, 0.25) is 11.8 Å². The Bertz CT molecular complexity index is 1790. The maximum absolute atomic E-state index is 13.7. The maximum Gasteiger partial charge on any atom is 0.303 e. The summed E-state index contributed by atoms with van der Waals surface area (Å²) in [6.45, 7) is 0.678. The number of aromatic nitrogens is 1. The zero-order valence-corrected chi connectivity index (χ0v) is 28.4. The molecule has 2 atom stereocenters. The van der Waals surface area contributed by atoms with Gasteiger partial charge in [0, 0.05) is 55.0 Å². The summed E-state index contributed by atoms with van der Waals surface area (Å²) in [6, 6.07) is 15.8. The lowest BCUT2D eigenvalue weighted by Gasteiger charge is -2.34. The molecule has 2 unspecified atom stereocenters. The summed E-state index contributed by atoms with van der Waals surface area (Å²) in [5.74, 6) is -2.72. The summed E-state index contributed by atoms with van der Waals surface area (Å²) in [5.41, 5.74) is 0.969. The molecule has 13 nitrogen and oxygen atoms in total. The van der Waals surface area contributed by atoms with Crippen LogP contribution in [0, 0.1) is 5.92 Å². The van der Waals surface area contributed by atoms with Gasteiger partial charge in [-0.2, -0.15) is 0 Å². The average Bonchev–Trinajstić information content (AvgIpc) is 3.64. The number of carbonyl (C=O) groups is 6. The van der Waals surface area contributed by atoms with Gasteiger partial charge >= 0.3 is 5.97 Å². The second kappa shape index (κ2) is 16.1. The topological polar surface area (TPSA) is 175 Å². The average molecular weight is 698 g/mol. The number of rotatable bonds is 13. The molecule has 2 saturated heterocycles. The number of hydrogen-bond acceptors (Lipinski definition) is 8. The zero-order valence-electron chi connectivity index (χ0n) is 28.4. The number of carbonyl (C=O) groups excluding carboxylic acids is 5. The van der Waals surface area contributed by atoms with Crippen LogP contribution in [0.25, 0.3) is 10.9 Å². The van der Waals surface area contributed by atoms with Crippen molar-refractivity contribution in [3.05, 3.63) is 71.9 Å².